The number of rotatable bonds is 7. The monoisotopic (exact) mass is 388 g/mol. The molecule has 28 heavy (non-hydrogen) atoms. The van der Waals surface area contributed by atoms with Gasteiger partial charge in [-0.05, 0) is 31.5 Å². The molecule has 1 amide bonds. The summed E-state index contributed by atoms with van der Waals surface area (Å²) in [7, 11) is 1.57. The van der Waals surface area contributed by atoms with Crippen molar-refractivity contribution in [2.75, 3.05) is 44.8 Å². The lowest BCUT2D eigenvalue weighted by Gasteiger charge is -2.29. The van der Waals surface area contributed by atoms with Gasteiger partial charge in [0.1, 0.15) is 24.3 Å². The molecule has 1 aliphatic rings. The van der Waals surface area contributed by atoms with Crippen molar-refractivity contribution >= 4 is 28.6 Å². The number of β-amino-alcohol motifs (C(OH)–C–C–N with tert-alkyl or cyclic N) is 1. The van der Waals surface area contributed by atoms with Crippen molar-refractivity contribution in [2.24, 2.45) is 0 Å². The fourth-order valence-electron chi connectivity index (χ4n) is 3.42. The molecule has 1 aliphatic heterocycles. The normalized spacial score (nSPS) is 19.2. The molecule has 0 spiro atoms. The molecule has 2 aromatic heterocycles. The maximum atomic E-state index is 12.1. The van der Waals surface area contributed by atoms with Crippen LogP contribution in [0.1, 0.15) is 12.1 Å². The van der Waals surface area contributed by atoms with E-state index in [-0.39, 0.29) is 19.1 Å². The van der Waals surface area contributed by atoms with Crippen LogP contribution in [0.3, 0.4) is 0 Å². The van der Waals surface area contributed by atoms with Crippen LogP contribution >= 0.6 is 0 Å². The molecular weight excluding hydrogens is 364 g/mol. The van der Waals surface area contributed by atoms with Crippen molar-refractivity contribution < 1.29 is 24.5 Å². The number of carbonyl (C=O) groups is 2. The summed E-state index contributed by atoms with van der Waals surface area (Å²) in [4.78, 5) is 34.9. The van der Waals surface area contributed by atoms with E-state index in [9.17, 15) is 14.7 Å². The van der Waals surface area contributed by atoms with Crippen LogP contribution in [-0.2, 0) is 14.3 Å². The Morgan fingerprint density at radius 2 is 2.11 bits per heavy atom. The Balaban J connectivity index is 1.66. The van der Waals surface area contributed by atoms with Gasteiger partial charge in [-0.2, -0.15) is 0 Å². The van der Waals surface area contributed by atoms with Crippen LogP contribution in [0.4, 0.5) is 5.69 Å². The SMILES string of the molecule is Cc1ccc2nccc(N3CC[C@](O)(CN(C)C(=O)COCC(=O)O)C3)c2n1. The number of aromatic nitrogens is 2. The first-order chi connectivity index (χ1) is 13.3. The van der Waals surface area contributed by atoms with Crippen molar-refractivity contribution in [3.8, 4) is 0 Å². The molecule has 1 atom stereocenters. The number of pyridine rings is 2. The summed E-state index contributed by atoms with van der Waals surface area (Å²) in [6.45, 7) is 2.18. The third kappa shape index (κ3) is 4.55. The molecule has 0 aliphatic carbocycles. The molecule has 0 bridgehead atoms. The summed E-state index contributed by atoms with van der Waals surface area (Å²) in [5.41, 5.74) is 2.31. The van der Waals surface area contributed by atoms with E-state index < -0.39 is 18.2 Å². The number of hydrogen-bond acceptors (Lipinski definition) is 7. The molecule has 0 saturated carbocycles. The number of ether oxygens (including phenoxy) is 1. The van der Waals surface area contributed by atoms with Gasteiger partial charge in [0.2, 0.25) is 5.91 Å². The number of nitrogens with zero attached hydrogens (tertiary/aromatic N) is 4. The molecule has 9 heteroatoms. The summed E-state index contributed by atoms with van der Waals surface area (Å²) >= 11 is 0. The van der Waals surface area contributed by atoms with Crippen LogP contribution in [0.15, 0.2) is 24.4 Å². The molecule has 9 nitrogen and oxygen atoms in total. The van der Waals surface area contributed by atoms with Gasteiger partial charge < -0.3 is 24.7 Å². The highest BCUT2D eigenvalue weighted by Crippen LogP contribution is 2.31. The molecule has 3 rings (SSSR count). The van der Waals surface area contributed by atoms with Crippen molar-refractivity contribution in [3.05, 3.63) is 30.1 Å². The third-order valence-electron chi connectivity index (χ3n) is 4.78. The molecule has 2 aromatic rings. The quantitative estimate of drug-likeness (QED) is 0.702. The molecule has 1 fully saturated rings. The van der Waals surface area contributed by atoms with Crippen molar-refractivity contribution in [1.29, 1.82) is 0 Å². The zero-order valence-corrected chi connectivity index (χ0v) is 16.0. The lowest BCUT2D eigenvalue weighted by atomic mass is 10.0. The second-order valence-corrected chi connectivity index (χ2v) is 7.18. The maximum Gasteiger partial charge on any atom is 0.329 e. The van der Waals surface area contributed by atoms with Gasteiger partial charge in [-0.15, -0.1) is 0 Å². The maximum absolute atomic E-state index is 12.1. The first kappa shape index (κ1) is 20.0. The number of carboxylic acid groups (broad SMARTS) is 1. The number of aliphatic carboxylic acids is 1. The zero-order valence-electron chi connectivity index (χ0n) is 16.0. The van der Waals surface area contributed by atoms with Gasteiger partial charge in [0.05, 0.1) is 17.7 Å². The minimum Gasteiger partial charge on any atom is -0.480 e. The minimum absolute atomic E-state index is 0.133. The van der Waals surface area contributed by atoms with Crippen LogP contribution in [0, 0.1) is 6.92 Å². The Morgan fingerprint density at radius 1 is 1.32 bits per heavy atom. The van der Waals surface area contributed by atoms with E-state index in [1.807, 2.05) is 25.1 Å². The first-order valence-electron chi connectivity index (χ1n) is 9.01. The highest BCUT2D eigenvalue weighted by atomic mass is 16.5. The highest BCUT2D eigenvalue weighted by Gasteiger charge is 2.38. The van der Waals surface area contributed by atoms with Gasteiger partial charge in [-0.1, -0.05) is 0 Å². The molecule has 3 heterocycles. The summed E-state index contributed by atoms with van der Waals surface area (Å²) in [5.74, 6) is -1.51. The predicted molar refractivity (Wildman–Crippen MR) is 102 cm³/mol. The minimum atomic E-state index is -1.13. The number of aliphatic hydroxyl groups is 1. The molecular formula is C19H24N4O5. The smallest absolute Gasteiger partial charge is 0.329 e. The lowest BCUT2D eigenvalue weighted by Crippen LogP contribution is -2.46. The largest absolute Gasteiger partial charge is 0.480 e. The summed E-state index contributed by atoms with van der Waals surface area (Å²) < 4.78 is 4.83. The van der Waals surface area contributed by atoms with Gasteiger partial charge in [0, 0.05) is 32.0 Å². The van der Waals surface area contributed by atoms with E-state index in [0.29, 0.717) is 19.5 Å². The Hall–Kier alpha value is -2.78. The van der Waals surface area contributed by atoms with E-state index >= 15 is 0 Å². The topological polar surface area (TPSA) is 116 Å². The number of hydrogen-bond donors (Lipinski definition) is 2. The van der Waals surface area contributed by atoms with Crippen molar-refractivity contribution in [2.45, 2.75) is 18.9 Å². The number of carboxylic acids is 1. The average molecular weight is 388 g/mol. The van der Waals surface area contributed by atoms with Gasteiger partial charge in [0.15, 0.2) is 0 Å². The first-order valence-corrected chi connectivity index (χ1v) is 9.01. The molecule has 0 radical (unpaired) electrons. The fourth-order valence-corrected chi connectivity index (χ4v) is 3.42. The van der Waals surface area contributed by atoms with Crippen molar-refractivity contribution in [3.63, 3.8) is 0 Å². The number of aryl methyl sites for hydroxylation is 1. The number of carbonyl (C=O) groups excluding carboxylic acids is 1. The molecule has 1 saturated heterocycles. The van der Waals surface area contributed by atoms with Gasteiger partial charge >= 0.3 is 5.97 Å². The lowest BCUT2D eigenvalue weighted by molar-refractivity contribution is -0.146. The second-order valence-electron chi connectivity index (χ2n) is 7.18. The van der Waals surface area contributed by atoms with E-state index in [1.54, 1.807) is 13.2 Å². The average Bonchev–Trinajstić information content (AvgIpc) is 3.02. The van der Waals surface area contributed by atoms with Crippen LogP contribution in [0.5, 0.6) is 0 Å². The van der Waals surface area contributed by atoms with Gasteiger partial charge in [-0.3, -0.25) is 9.78 Å². The Morgan fingerprint density at radius 3 is 2.86 bits per heavy atom. The van der Waals surface area contributed by atoms with Gasteiger partial charge in [-0.25, -0.2) is 9.78 Å². The second kappa shape index (κ2) is 8.07. The van der Waals surface area contributed by atoms with Crippen LogP contribution < -0.4 is 4.90 Å². The number of likely N-dealkylation sites (N-methyl/N-ethyl adjacent to an activating group) is 1. The molecule has 0 unspecified atom stereocenters. The van der Waals surface area contributed by atoms with Crippen LogP contribution in [-0.4, -0.2) is 82.5 Å². The summed E-state index contributed by atoms with van der Waals surface area (Å²) in [5, 5.41) is 19.5. The van der Waals surface area contributed by atoms with Crippen LogP contribution in [0.2, 0.25) is 0 Å². The standard InChI is InChI=1S/C19H24N4O5/c1-13-3-4-14-18(21-13)15(5-7-20-14)23-8-6-19(27,12-23)11-22(2)16(24)9-28-10-17(25)26/h3-5,7,27H,6,8-12H2,1-2H3,(H,25,26)/t19-/m0/s1. The molecule has 0 aromatic carbocycles. The third-order valence-corrected chi connectivity index (χ3v) is 4.78. The Labute approximate surface area is 162 Å². The number of anilines is 1. The number of amides is 1. The van der Waals surface area contributed by atoms with Crippen molar-refractivity contribution in [1.82, 2.24) is 14.9 Å². The molecule has 150 valence electrons. The Bertz CT molecular complexity index is 890. The van der Waals surface area contributed by atoms with E-state index in [4.69, 9.17) is 9.84 Å². The summed E-state index contributed by atoms with van der Waals surface area (Å²) in [6.07, 6.45) is 2.22. The highest BCUT2D eigenvalue weighted by molar-refractivity contribution is 5.88. The van der Waals surface area contributed by atoms with E-state index in [0.717, 1.165) is 22.4 Å². The predicted octanol–water partition coefficient (Wildman–Crippen LogP) is 0.439. The molecule has 2 N–H and O–H groups in total. The van der Waals surface area contributed by atoms with Crippen LogP contribution in [0.25, 0.3) is 11.0 Å². The van der Waals surface area contributed by atoms with Gasteiger partial charge in [0.25, 0.3) is 0 Å². The van der Waals surface area contributed by atoms with E-state index in [1.165, 1.54) is 4.90 Å². The number of fused-ring (bicyclic) bond motifs is 1. The fraction of sp³-hybridized carbons (Fsp3) is 0.474. The van der Waals surface area contributed by atoms with E-state index in [2.05, 4.69) is 14.9 Å². The zero-order chi connectivity index (χ0) is 20.3. The Kier molecular flexibility index (Phi) is 5.76. The summed E-state index contributed by atoms with van der Waals surface area (Å²) in [6, 6.07) is 5.72.